The zero-order valence-electron chi connectivity index (χ0n) is 46.7. The molecule has 0 N–H and O–H groups in total. The summed E-state index contributed by atoms with van der Waals surface area (Å²) >= 11 is 0.595. The topological polar surface area (TPSA) is 25.8 Å². The lowest BCUT2D eigenvalue weighted by Gasteiger charge is -2.23. The van der Waals surface area contributed by atoms with Crippen LogP contribution in [0.3, 0.4) is 0 Å². The molecule has 2 unspecified atom stereocenters. The fourth-order valence-corrected chi connectivity index (χ4v) is 8.16. The van der Waals surface area contributed by atoms with Crippen LogP contribution in [0.2, 0.25) is 0 Å². The van der Waals surface area contributed by atoms with Gasteiger partial charge in [-0.25, -0.2) is 4.98 Å². The fraction of sp³-hybridized carbons (Fsp3) is 0.0400. The van der Waals surface area contributed by atoms with Gasteiger partial charge in [-0.15, -0.1) is 11.8 Å². The quantitative estimate of drug-likeness (QED) is 0.147. The summed E-state index contributed by atoms with van der Waals surface area (Å²) in [4.78, 5) is 9.22. The van der Waals surface area contributed by atoms with E-state index in [2.05, 4.69) is 18.1 Å². The van der Waals surface area contributed by atoms with Crippen LogP contribution in [0.1, 0.15) is 70.6 Å². The first-order chi connectivity index (χ1) is 34.1. The molecule has 0 saturated carbocycles. The van der Waals surface area contributed by atoms with Gasteiger partial charge in [0.25, 0.3) is 0 Å². The van der Waals surface area contributed by atoms with Gasteiger partial charge in [-0.2, -0.15) is 0 Å². The monoisotopic (exact) mass is 715 g/mol. The normalized spacial score (nSPS) is 20.6. The van der Waals surface area contributed by atoms with E-state index >= 15 is 0 Å². The first-order valence-electron chi connectivity index (χ1n) is 25.9. The first-order valence-corrected chi connectivity index (χ1v) is 17.3. The zero-order chi connectivity index (χ0) is 52.3. The fourth-order valence-electron chi connectivity index (χ4n) is 6.69. The van der Waals surface area contributed by atoms with Crippen molar-refractivity contribution in [1.29, 1.82) is 0 Å². The summed E-state index contributed by atoms with van der Waals surface area (Å²) in [5.41, 5.74) is 0.773. The molecule has 2 aromatic heterocycles. The van der Waals surface area contributed by atoms with Crippen LogP contribution in [0.15, 0.2) is 183 Å². The molecule has 8 aromatic rings. The molecular weight excluding hydrogens is 661 g/mol. The lowest BCUT2D eigenvalue weighted by atomic mass is 9.81. The van der Waals surface area contributed by atoms with Crippen molar-refractivity contribution in [3.05, 3.63) is 216 Å². The lowest BCUT2D eigenvalue weighted by Crippen LogP contribution is -2.06. The van der Waals surface area contributed by atoms with Crippen molar-refractivity contribution in [2.75, 3.05) is 0 Å². The van der Waals surface area contributed by atoms with E-state index in [9.17, 15) is 8.22 Å². The summed E-state index contributed by atoms with van der Waals surface area (Å²) in [6.45, 7) is 8.08. The van der Waals surface area contributed by atoms with Crippen molar-refractivity contribution in [3.63, 3.8) is 0 Å². The number of nitrogens with zero attached hydrogens (tertiary/aromatic N) is 2. The number of fused-ring (bicyclic) bond motifs is 3. The minimum Gasteiger partial charge on any atom is -0.254 e. The average molecular weight is 716 g/mol. The predicted octanol–water partition coefficient (Wildman–Crippen LogP) is 13.5. The van der Waals surface area contributed by atoms with Crippen LogP contribution in [0, 0.1) is 0 Å². The summed E-state index contributed by atoms with van der Waals surface area (Å²) in [5.74, 6) is -1.82. The Labute approximate surface area is 341 Å². The molecular formula is C50H36N2S. The van der Waals surface area contributed by atoms with E-state index < -0.39 is 154 Å². The molecule has 0 aliphatic carbocycles. The van der Waals surface area contributed by atoms with Gasteiger partial charge in [0.05, 0.1) is 42.8 Å². The third kappa shape index (κ3) is 5.90. The Kier molecular flexibility index (Phi) is 4.75. The maximum absolute atomic E-state index is 9.70. The van der Waals surface area contributed by atoms with Gasteiger partial charge in [-0.05, 0) is 62.2 Å². The number of hydrogen-bond donors (Lipinski definition) is 0. The van der Waals surface area contributed by atoms with Crippen LogP contribution in [0.4, 0.5) is 0 Å². The smallest absolute Gasteiger partial charge is 0.0972 e. The summed E-state index contributed by atoms with van der Waals surface area (Å²) in [6, 6.07) is -0.290. The zero-order valence-corrected chi connectivity index (χ0v) is 28.5. The van der Waals surface area contributed by atoms with Crippen LogP contribution in [-0.2, 0) is 0 Å². The van der Waals surface area contributed by atoms with E-state index in [-0.39, 0.29) is 16.0 Å². The Morgan fingerprint density at radius 3 is 1.85 bits per heavy atom. The van der Waals surface area contributed by atoms with Crippen molar-refractivity contribution in [1.82, 2.24) is 9.97 Å². The molecule has 6 aromatic carbocycles. The summed E-state index contributed by atoms with van der Waals surface area (Å²) in [7, 11) is 0. The highest BCUT2D eigenvalue weighted by Gasteiger charge is 2.38. The SMILES string of the molecule is [2H]c1c([2H])c([2H])c(C2=C(c3c([2H])c([2H])c(-c4ccc(-c5ccc6ccc7cccnc7c6n5)c(C=C)c4C=C)c([2H])c3[2H])SC(c3c([2H])c([2H])c([2H])c([2H])c3[2H])C2c2c([2H])c([2H])c([2H])c([2H])c2[2H])c([2H])c1[2H]. The largest absolute Gasteiger partial charge is 0.254 e. The maximum atomic E-state index is 9.70. The van der Waals surface area contributed by atoms with Gasteiger partial charge < -0.3 is 0 Å². The molecule has 2 nitrogen and oxygen atoms in total. The molecule has 0 saturated heterocycles. The number of pyridine rings is 2. The Morgan fingerprint density at radius 1 is 0.566 bits per heavy atom. The van der Waals surface area contributed by atoms with E-state index in [0.29, 0.717) is 45.2 Å². The Hall–Kier alpha value is -6.29. The number of hydrogen-bond acceptors (Lipinski definition) is 3. The van der Waals surface area contributed by atoms with Crippen LogP contribution in [0.25, 0.3) is 66.8 Å². The standard InChI is InChI=1S/C50H36N2S/c1-3-40-41(4-2)43(44-31-28-37-25-24-36-21-14-32-51-47(36)48(37)52-44)30-29-42(40)33-22-26-39(27-23-33)50-46(35-17-10-6-11-18-35)45(34-15-8-5-9-16-34)49(53-50)38-19-12-7-13-20-38/h3-32,45,49H,1-2H2/i5D,6D,7D,8D,9D,10D,11D,12D,13D,15D,16D,17D,18D,19D,20D,22D,23D,26D,27D. The molecule has 53 heavy (non-hydrogen) atoms. The summed E-state index contributed by atoms with van der Waals surface area (Å²) < 4.78 is 170. The highest BCUT2D eigenvalue weighted by atomic mass is 32.2. The van der Waals surface area contributed by atoms with E-state index in [4.69, 9.17) is 22.8 Å². The van der Waals surface area contributed by atoms with Crippen molar-refractivity contribution < 1.29 is 26.0 Å². The highest BCUT2D eigenvalue weighted by Crippen LogP contribution is 2.62. The highest BCUT2D eigenvalue weighted by molar-refractivity contribution is 8.09. The maximum Gasteiger partial charge on any atom is 0.0972 e. The number of thioether (sulfide) groups is 1. The number of rotatable bonds is 8. The number of allylic oxidation sites excluding steroid dienone is 1. The molecule has 2 atom stereocenters. The van der Waals surface area contributed by atoms with E-state index in [1.165, 1.54) is 6.08 Å². The molecule has 1 aliphatic rings. The van der Waals surface area contributed by atoms with Crippen LogP contribution in [-0.4, -0.2) is 9.97 Å². The van der Waals surface area contributed by atoms with E-state index in [1.807, 2.05) is 36.4 Å². The summed E-state index contributed by atoms with van der Waals surface area (Å²) in [6.07, 6.45) is 4.71. The van der Waals surface area contributed by atoms with Crippen LogP contribution in [0.5, 0.6) is 0 Å². The second-order valence-electron chi connectivity index (χ2n) is 11.9. The molecule has 0 bridgehead atoms. The summed E-state index contributed by atoms with van der Waals surface area (Å²) in [5, 5.41) is 0.0902. The molecule has 0 fully saturated rings. The second kappa shape index (κ2) is 14.0. The van der Waals surface area contributed by atoms with Gasteiger partial charge in [0.15, 0.2) is 0 Å². The lowest BCUT2D eigenvalue weighted by molar-refractivity contribution is 0.846. The van der Waals surface area contributed by atoms with E-state index in [0.717, 1.165) is 10.8 Å². The van der Waals surface area contributed by atoms with Crippen LogP contribution < -0.4 is 0 Å². The third-order valence-corrected chi connectivity index (χ3v) is 10.5. The molecule has 0 spiro atoms. The van der Waals surface area contributed by atoms with E-state index in [1.54, 1.807) is 24.4 Å². The van der Waals surface area contributed by atoms with Gasteiger partial charge in [0.1, 0.15) is 0 Å². The molecule has 3 heteroatoms. The Bertz CT molecular complexity index is 3680. The van der Waals surface area contributed by atoms with Crippen molar-refractivity contribution >= 4 is 56.2 Å². The minimum atomic E-state index is -1.82. The van der Waals surface area contributed by atoms with Gasteiger partial charge in [-0.1, -0.05) is 177 Å². The number of benzene rings is 6. The predicted molar refractivity (Wildman–Crippen MR) is 227 cm³/mol. The van der Waals surface area contributed by atoms with Crippen molar-refractivity contribution in [3.8, 4) is 22.4 Å². The molecule has 1 aliphatic heterocycles. The Morgan fingerprint density at radius 2 is 1.15 bits per heavy atom. The van der Waals surface area contributed by atoms with Crippen LogP contribution >= 0.6 is 11.8 Å². The van der Waals surface area contributed by atoms with Gasteiger partial charge >= 0.3 is 0 Å². The van der Waals surface area contributed by atoms with Crippen molar-refractivity contribution in [2.45, 2.75) is 11.2 Å². The third-order valence-electron chi connectivity index (χ3n) is 9.03. The van der Waals surface area contributed by atoms with Gasteiger partial charge in [-0.3, -0.25) is 4.98 Å². The number of aromatic nitrogens is 2. The Balaban J connectivity index is 1.36. The second-order valence-corrected chi connectivity index (χ2v) is 13.0. The molecule has 0 amide bonds. The molecule has 3 heterocycles. The van der Waals surface area contributed by atoms with Gasteiger partial charge in [0, 0.05) is 38.6 Å². The average Bonchev–Trinajstić information content (AvgIpc) is 3.74. The minimum absolute atomic E-state index is 0.197. The first kappa shape index (κ1) is 18.0. The van der Waals surface area contributed by atoms with Crippen molar-refractivity contribution in [2.24, 2.45) is 0 Å². The molecule has 9 rings (SSSR count). The molecule has 0 radical (unpaired) electrons. The molecule has 252 valence electrons. The van der Waals surface area contributed by atoms with Gasteiger partial charge in [0.2, 0.25) is 0 Å².